The molecule has 0 spiro atoms. The van der Waals surface area contributed by atoms with Gasteiger partial charge in [0.15, 0.2) is 0 Å². The molecule has 154 valence electrons. The van der Waals surface area contributed by atoms with Gasteiger partial charge in [0.25, 0.3) is 0 Å². The first-order valence-corrected chi connectivity index (χ1v) is 9.57. The monoisotopic (exact) mass is 437 g/mol. The molecule has 1 amide bonds. The van der Waals surface area contributed by atoms with E-state index in [1.165, 1.54) is 19.3 Å². The molecule has 0 aromatic heterocycles. The van der Waals surface area contributed by atoms with E-state index in [0.717, 1.165) is 24.3 Å². The van der Waals surface area contributed by atoms with Crippen molar-refractivity contribution in [2.75, 3.05) is 19.0 Å². The molecular formula is C19H30Cl3N3O2. The molecule has 0 radical (unpaired) electrons. The van der Waals surface area contributed by atoms with Crippen molar-refractivity contribution >= 4 is 48.0 Å². The number of carbonyl (C=O) groups excluding carboxylic acids is 1. The van der Waals surface area contributed by atoms with Crippen molar-refractivity contribution in [2.24, 2.45) is 17.6 Å². The summed E-state index contributed by atoms with van der Waals surface area (Å²) in [5.74, 6) is 1.92. The minimum atomic E-state index is 0. The van der Waals surface area contributed by atoms with Gasteiger partial charge >= 0.3 is 0 Å². The normalized spacial score (nSPS) is 26.2. The number of anilines is 1. The summed E-state index contributed by atoms with van der Waals surface area (Å²) in [6.45, 7) is 0.546. The predicted molar refractivity (Wildman–Crippen MR) is 116 cm³/mol. The van der Waals surface area contributed by atoms with E-state index in [4.69, 9.17) is 22.1 Å². The van der Waals surface area contributed by atoms with Crippen LogP contribution in [0.3, 0.4) is 0 Å². The standard InChI is InChI=1S/C19H28ClN3O2.2ClH/c1-25-17-6-5-14(20)11-16(17)22-8-7-18(24)23-19-12-3-2-4-13(19)10-15(21)9-12;;/h5-6,11-13,15,19,22H,2-4,7-10,21H2,1H3,(H,23,24);2*1H. The molecule has 0 aliphatic heterocycles. The Morgan fingerprint density at radius 2 is 1.93 bits per heavy atom. The number of methoxy groups -OCH3 is 1. The SMILES string of the molecule is COc1ccc(Cl)cc1NCCC(=O)NC1C2CCCC1CC(N)C2.Cl.Cl. The van der Waals surface area contributed by atoms with Crippen LogP contribution in [-0.4, -0.2) is 31.6 Å². The highest BCUT2D eigenvalue weighted by molar-refractivity contribution is 6.30. The van der Waals surface area contributed by atoms with Crippen molar-refractivity contribution in [1.82, 2.24) is 5.32 Å². The molecule has 2 bridgehead atoms. The third-order valence-electron chi connectivity index (χ3n) is 5.53. The van der Waals surface area contributed by atoms with Crippen molar-refractivity contribution in [2.45, 2.75) is 50.6 Å². The van der Waals surface area contributed by atoms with Crippen LogP contribution >= 0.6 is 36.4 Å². The van der Waals surface area contributed by atoms with Gasteiger partial charge in [-0.3, -0.25) is 4.79 Å². The van der Waals surface area contributed by atoms with E-state index >= 15 is 0 Å². The Bertz CT molecular complexity index is 604. The number of benzene rings is 1. The van der Waals surface area contributed by atoms with Crippen LogP contribution in [0.1, 0.15) is 38.5 Å². The van der Waals surface area contributed by atoms with Crippen LogP contribution in [0.4, 0.5) is 5.69 Å². The van der Waals surface area contributed by atoms with Crippen LogP contribution in [0.25, 0.3) is 0 Å². The molecule has 1 aromatic carbocycles. The quantitative estimate of drug-likeness (QED) is 0.627. The Morgan fingerprint density at radius 1 is 1.26 bits per heavy atom. The summed E-state index contributed by atoms with van der Waals surface area (Å²) in [7, 11) is 1.62. The van der Waals surface area contributed by atoms with Crippen molar-refractivity contribution < 1.29 is 9.53 Å². The summed E-state index contributed by atoms with van der Waals surface area (Å²) in [4.78, 5) is 12.4. The largest absolute Gasteiger partial charge is 0.495 e. The number of hydrogen-bond donors (Lipinski definition) is 3. The zero-order valence-corrected chi connectivity index (χ0v) is 18.0. The molecule has 2 aliphatic rings. The number of nitrogens with one attached hydrogen (secondary N) is 2. The first-order valence-electron chi connectivity index (χ1n) is 9.19. The Hall–Kier alpha value is -0.880. The van der Waals surface area contributed by atoms with Crippen molar-refractivity contribution in [1.29, 1.82) is 0 Å². The maximum atomic E-state index is 12.4. The van der Waals surface area contributed by atoms with Gasteiger partial charge in [0.1, 0.15) is 5.75 Å². The topological polar surface area (TPSA) is 76.4 Å². The highest BCUT2D eigenvalue weighted by Gasteiger charge is 2.39. The molecule has 2 unspecified atom stereocenters. The first kappa shape index (κ1) is 24.2. The van der Waals surface area contributed by atoms with E-state index in [-0.39, 0.29) is 30.7 Å². The van der Waals surface area contributed by atoms with Crippen LogP contribution < -0.4 is 21.1 Å². The first-order chi connectivity index (χ1) is 12.1. The summed E-state index contributed by atoms with van der Waals surface area (Å²) >= 11 is 6.03. The molecule has 2 saturated carbocycles. The molecule has 2 aliphatic carbocycles. The van der Waals surface area contributed by atoms with Crippen molar-refractivity contribution in [3.63, 3.8) is 0 Å². The molecule has 4 N–H and O–H groups in total. The highest BCUT2D eigenvalue weighted by atomic mass is 35.5. The van der Waals surface area contributed by atoms with E-state index in [0.29, 0.717) is 41.9 Å². The molecule has 0 heterocycles. The predicted octanol–water partition coefficient (Wildman–Crippen LogP) is 4.02. The van der Waals surface area contributed by atoms with E-state index in [1.54, 1.807) is 13.2 Å². The number of amides is 1. The number of ether oxygens (including phenoxy) is 1. The van der Waals surface area contributed by atoms with Gasteiger partial charge in [-0.25, -0.2) is 0 Å². The number of nitrogens with two attached hydrogens (primary N) is 1. The van der Waals surface area contributed by atoms with E-state index in [9.17, 15) is 4.79 Å². The molecule has 2 fully saturated rings. The molecule has 2 atom stereocenters. The smallest absolute Gasteiger partial charge is 0.222 e. The minimum absolute atomic E-state index is 0. The second-order valence-corrected chi connectivity index (χ2v) is 7.73. The zero-order valence-electron chi connectivity index (χ0n) is 15.6. The maximum Gasteiger partial charge on any atom is 0.222 e. The number of halogens is 3. The Kier molecular flexibility index (Phi) is 10.0. The van der Waals surface area contributed by atoms with Gasteiger partial charge in [0.2, 0.25) is 5.91 Å². The van der Waals surface area contributed by atoms with Crippen molar-refractivity contribution in [3.05, 3.63) is 23.2 Å². The summed E-state index contributed by atoms with van der Waals surface area (Å²) in [5, 5.41) is 7.15. The number of carbonyl (C=O) groups is 1. The van der Waals surface area contributed by atoms with E-state index in [2.05, 4.69) is 10.6 Å². The fraction of sp³-hybridized carbons (Fsp3) is 0.632. The van der Waals surface area contributed by atoms with Crippen molar-refractivity contribution in [3.8, 4) is 5.75 Å². The number of rotatable bonds is 6. The molecule has 1 aromatic rings. The van der Waals surface area contributed by atoms with E-state index < -0.39 is 0 Å². The number of hydrogen-bond acceptors (Lipinski definition) is 4. The molecule has 27 heavy (non-hydrogen) atoms. The van der Waals surface area contributed by atoms with Crippen LogP contribution in [0.5, 0.6) is 5.75 Å². The zero-order chi connectivity index (χ0) is 17.8. The lowest BCUT2D eigenvalue weighted by molar-refractivity contribution is -0.123. The average molecular weight is 439 g/mol. The van der Waals surface area contributed by atoms with Gasteiger partial charge in [0.05, 0.1) is 12.8 Å². The second kappa shape index (κ2) is 11.2. The third kappa shape index (κ3) is 6.31. The second-order valence-electron chi connectivity index (χ2n) is 7.30. The fourth-order valence-electron chi connectivity index (χ4n) is 4.41. The lowest BCUT2D eigenvalue weighted by Crippen LogP contribution is -2.53. The highest BCUT2D eigenvalue weighted by Crippen LogP contribution is 2.39. The summed E-state index contributed by atoms with van der Waals surface area (Å²) in [6, 6.07) is 6.02. The maximum absolute atomic E-state index is 12.4. The fourth-order valence-corrected chi connectivity index (χ4v) is 4.58. The molecule has 8 heteroatoms. The Balaban J connectivity index is 0.00000182. The lowest BCUT2D eigenvalue weighted by Gasteiger charge is -2.45. The lowest BCUT2D eigenvalue weighted by atomic mass is 9.67. The van der Waals surface area contributed by atoms with Crippen LogP contribution in [-0.2, 0) is 4.79 Å². The van der Waals surface area contributed by atoms with Gasteiger partial charge in [-0.05, 0) is 55.7 Å². The Morgan fingerprint density at radius 3 is 2.56 bits per heavy atom. The summed E-state index contributed by atoms with van der Waals surface area (Å²) < 4.78 is 5.31. The average Bonchev–Trinajstić information content (AvgIpc) is 2.56. The molecule has 3 rings (SSSR count). The van der Waals surface area contributed by atoms with Gasteiger partial charge in [-0.15, -0.1) is 24.8 Å². The van der Waals surface area contributed by atoms with Gasteiger partial charge < -0.3 is 21.1 Å². The summed E-state index contributed by atoms with van der Waals surface area (Å²) in [6.07, 6.45) is 6.15. The molecule has 0 saturated heterocycles. The van der Waals surface area contributed by atoms with Gasteiger partial charge in [-0.2, -0.15) is 0 Å². The Labute approximate surface area is 178 Å². The van der Waals surface area contributed by atoms with E-state index in [1.807, 2.05) is 12.1 Å². The number of fused-ring (bicyclic) bond motifs is 2. The van der Waals surface area contributed by atoms with Crippen LogP contribution in [0, 0.1) is 11.8 Å². The van der Waals surface area contributed by atoms with Gasteiger partial charge in [0, 0.05) is 30.1 Å². The summed E-state index contributed by atoms with van der Waals surface area (Å²) in [5.41, 5.74) is 6.97. The minimum Gasteiger partial charge on any atom is -0.495 e. The molecule has 5 nitrogen and oxygen atoms in total. The van der Waals surface area contributed by atoms with Crippen LogP contribution in [0.15, 0.2) is 18.2 Å². The van der Waals surface area contributed by atoms with Gasteiger partial charge in [-0.1, -0.05) is 18.0 Å². The molecular weight excluding hydrogens is 409 g/mol. The van der Waals surface area contributed by atoms with Crippen LogP contribution in [0.2, 0.25) is 5.02 Å². The third-order valence-corrected chi connectivity index (χ3v) is 5.77.